The van der Waals surface area contributed by atoms with E-state index in [1.54, 1.807) is 24.3 Å². The topological polar surface area (TPSA) is 52.6 Å². The summed E-state index contributed by atoms with van der Waals surface area (Å²) in [6.45, 7) is 0.765. The highest BCUT2D eigenvalue weighted by atomic mass is 19.1. The first-order valence-corrected chi connectivity index (χ1v) is 7.87. The van der Waals surface area contributed by atoms with Crippen LogP contribution in [0.15, 0.2) is 48.5 Å². The lowest BCUT2D eigenvalue weighted by Crippen LogP contribution is -2.24. The molecule has 0 aliphatic rings. The Balaban J connectivity index is 1.86. The summed E-state index contributed by atoms with van der Waals surface area (Å²) in [4.78, 5) is 13.8. The highest BCUT2D eigenvalue weighted by Gasteiger charge is 2.12. The van der Waals surface area contributed by atoms with Crippen LogP contribution in [0.1, 0.15) is 29.2 Å². The molecule has 1 atom stereocenters. The number of hydrogen-bond acceptors (Lipinski definition) is 3. The Kier molecular flexibility index (Phi) is 6.46. The molecular formula is C19H23FN2O2. The van der Waals surface area contributed by atoms with Gasteiger partial charge in [-0.15, -0.1) is 0 Å². The number of carbonyl (C=O) groups is 1. The van der Waals surface area contributed by atoms with Gasteiger partial charge in [-0.05, 0) is 31.3 Å². The van der Waals surface area contributed by atoms with Gasteiger partial charge >= 0.3 is 0 Å². The van der Waals surface area contributed by atoms with E-state index in [1.165, 1.54) is 6.07 Å². The summed E-state index contributed by atoms with van der Waals surface area (Å²) < 4.78 is 14.0. The molecule has 0 aliphatic carbocycles. The molecule has 0 saturated carbocycles. The number of carbonyl (C=O) groups excluding carboxylic acids is 1. The summed E-state index contributed by atoms with van der Waals surface area (Å²) in [5.41, 5.74) is 2.01. The van der Waals surface area contributed by atoms with Crippen molar-refractivity contribution in [3.63, 3.8) is 0 Å². The molecule has 5 heteroatoms. The Morgan fingerprint density at radius 3 is 2.54 bits per heavy atom. The number of nitrogens with zero attached hydrogens (tertiary/aromatic N) is 1. The normalized spacial score (nSPS) is 12.2. The molecule has 2 N–H and O–H groups in total. The first-order chi connectivity index (χ1) is 11.5. The molecule has 0 saturated heterocycles. The lowest BCUT2D eigenvalue weighted by atomic mass is 10.1. The van der Waals surface area contributed by atoms with Gasteiger partial charge in [-0.2, -0.15) is 0 Å². The molecule has 1 amide bonds. The summed E-state index contributed by atoms with van der Waals surface area (Å²) in [5.74, 6) is -0.552. The van der Waals surface area contributed by atoms with E-state index in [0.29, 0.717) is 23.2 Å². The lowest BCUT2D eigenvalue weighted by molar-refractivity contribution is -0.123. The van der Waals surface area contributed by atoms with Gasteiger partial charge in [0.05, 0.1) is 12.5 Å². The molecule has 1 unspecified atom stereocenters. The standard InChI is InChI=1S/C19H23FN2O2/c1-22(2)13-16-9-8-14(10-17(16)20)12-21-19(24)11-18(23)15-6-4-3-5-7-15/h3-10,18,23H,11-13H2,1-2H3,(H,21,24). The number of nitrogens with one attached hydrogen (secondary N) is 1. The predicted octanol–water partition coefficient (Wildman–Crippen LogP) is 2.63. The van der Waals surface area contributed by atoms with Crippen molar-refractivity contribution in [2.24, 2.45) is 0 Å². The van der Waals surface area contributed by atoms with E-state index < -0.39 is 6.10 Å². The molecule has 128 valence electrons. The zero-order valence-corrected chi connectivity index (χ0v) is 14.0. The van der Waals surface area contributed by atoms with Crippen LogP contribution in [0.5, 0.6) is 0 Å². The van der Waals surface area contributed by atoms with E-state index in [0.717, 1.165) is 0 Å². The second-order valence-corrected chi connectivity index (χ2v) is 6.07. The maximum absolute atomic E-state index is 14.0. The molecule has 0 radical (unpaired) electrons. The van der Waals surface area contributed by atoms with E-state index in [1.807, 2.05) is 37.2 Å². The lowest BCUT2D eigenvalue weighted by Gasteiger charge is -2.13. The van der Waals surface area contributed by atoms with Crippen molar-refractivity contribution < 1.29 is 14.3 Å². The average molecular weight is 330 g/mol. The zero-order valence-electron chi connectivity index (χ0n) is 14.0. The van der Waals surface area contributed by atoms with Gasteiger partial charge in [0.25, 0.3) is 0 Å². The van der Waals surface area contributed by atoms with Crippen LogP contribution in [-0.4, -0.2) is 30.0 Å². The van der Waals surface area contributed by atoms with Crippen molar-refractivity contribution in [1.82, 2.24) is 10.2 Å². The molecule has 2 aromatic rings. The molecule has 4 nitrogen and oxygen atoms in total. The van der Waals surface area contributed by atoms with E-state index >= 15 is 0 Å². The zero-order chi connectivity index (χ0) is 17.5. The number of halogens is 1. The fourth-order valence-corrected chi connectivity index (χ4v) is 2.41. The van der Waals surface area contributed by atoms with Gasteiger partial charge in [0.1, 0.15) is 5.82 Å². The van der Waals surface area contributed by atoms with Crippen LogP contribution < -0.4 is 5.32 Å². The summed E-state index contributed by atoms with van der Waals surface area (Å²) in [6.07, 6.45) is -0.865. The minimum absolute atomic E-state index is 0.0226. The molecule has 24 heavy (non-hydrogen) atoms. The van der Waals surface area contributed by atoms with Gasteiger partial charge in [0.2, 0.25) is 5.91 Å². The van der Waals surface area contributed by atoms with E-state index in [-0.39, 0.29) is 24.7 Å². The van der Waals surface area contributed by atoms with Crippen LogP contribution in [0.3, 0.4) is 0 Å². The molecule has 0 aromatic heterocycles. The molecule has 2 aromatic carbocycles. The summed E-state index contributed by atoms with van der Waals surface area (Å²) in [6, 6.07) is 14.0. The molecule has 0 aliphatic heterocycles. The van der Waals surface area contributed by atoms with Gasteiger partial charge in [-0.1, -0.05) is 42.5 Å². The van der Waals surface area contributed by atoms with E-state index in [9.17, 15) is 14.3 Å². The van der Waals surface area contributed by atoms with Gasteiger partial charge in [0, 0.05) is 18.7 Å². The van der Waals surface area contributed by atoms with Crippen molar-refractivity contribution in [2.45, 2.75) is 25.6 Å². The Morgan fingerprint density at radius 2 is 1.92 bits per heavy atom. The van der Waals surface area contributed by atoms with Crippen LogP contribution in [0.25, 0.3) is 0 Å². The van der Waals surface area contributed by atoms with Crippen molar-refractivity contribution in [3.8, 4) is 0 Å². The van der Waals surface area contributed by atoms with Crippen LogP contribution in [0, 0.1) is 5.82 Å². The molecule has 0 heterocycles. The Morgan fingerprint density at radius 1 is 1.21 bits per heavy atom. The minimum Gasteiger partial charge on any atom is -0.388 e. The monoisotopic (exact) mass is 330 g/mol. The van der Waals surface area contributed by atoms with E-state index in [2.05, 4.69) is 5.32 Å². The fraction of sp³-hybridized carbons (Fsp3) is 0.316. The maximum atomic E-state index is 14.0. The first-order valence-electron chi connectivity index (χ1n) is 7.87. The Labute approximate surface area is 141 Å². The van der Waals surface area contributed by atoms with Crippen LogP contribution in [0.4, 0.5) is 4.39 Å². The molecule has 0 bridgehead atoms. The quantitative estimate of drug-likeness (QED) is 0.820. The van der Waals surface area contributed by atoms with Crippen LogP contribution in [-0.2, 0) is 17.9 Å². The van der Waals surface area contributed by atoms with Crippen molar-refractivity contribution >= 4 is 5.91 Å². The maximum Gasteiger partial charge on any atom is 0.223 e. The van der Waals surface area contributed by atoms with Crippen LogP contribution >= 0.6 is 0 Å². The first kappa shape index (κ1) is 18.1. The van der Waals surface area contributed by atoms with Gasteiger partial charge in [-0.3, -0.25) is 4.79 Å². The van der Waals surface area contributed by atoms with E-state index in [4.69, 9.17) is 0 Å². The predicted molar refractivity (Wildman–Crippen MR) is 91.7 cm³/mol. The minimum atomic E-state index is -0.842. The smallest absolute Gasteiger partial charge is 0.223 e. The van der Waals surface area contributed by atoms with Crippen molar-refractivity contribution in [1.29, 1.82) is 0 Å². The summed E-state index contributed by atoms with van der Waals surface area (Å²) in [5, 5.41) is 12.7. The van der Waals surface area contributed by atoms with Gasteiger partial charge in [0.15, 0.2) is 0 Å². The molecular weight excluding hydrogens is 307 g/mol. The molecule has 0 spiro atoms. The third-order valence-electron chi connectivity index (χ3n) is 3.66. The second-order valence-electron chi connectivity index (χ2n) is 6.07. The largest absolute Gasteiger partial charge is 0.388 e. The Hall–Kier alpha value is -2.24. The third kappa shape index (κ3) is 5.44. The number of benzene rings is 2. The fourth-order valence-electron chi connectivity index (χ4n) is 2.41. The SMILES string of the molecule is CN(C)Cc1ccc(CNC(=O)CC(O)c2ccccc2)cc1F. The highest BCUT2D eigenvalue weighted by molar-refractivity contribution is 5.76. The number of hydrogen-bond donors (Lipinski definition) is 2. The second kappa shape index (κ2) is 8.57. The number of aliphatic hydroxyl groups is 1. The number of aliphatic hydroxyl groups excluding tert-OH is 1. The molecule has 2 rings (SSSR count). The number of amides is 1. The average Bonchev–Trinajstić information content (AvgIpc) is 2.55. The third-order valence-corrected chi connectivity index (χ3v) is 3.66. The number of rotatable bonds is 7. The molecule has 0 fully saturated rings. The Bertz CT molecular complexity index is 674. The van der Waals surface area contributed by atoms with Crippen molar-refractivity contribution in [3.05, 3.63) is 71.0 Å². The van der Waals surface area contributed by atoms with Crippen LogP contribution in [0.2, 0.25) is 0 Å². The van der Waals surface area contributed by atoms with Crippen molar-refractivity contribution in [2.75, 3.05) is 14.1 Å². The van der Waals surface area contributed by atoms with Gasteiger partial charge in [-0.25, -0.2) is 4.39 Å². The summed E-state index contributed by atoms with van der Waals surface area (Å²) in [7, 11) is 3.76. The van der Waals surface area contributed by atoms with Gasteiger partial charge < -0.3 is 15.3 Å². The summed E-state index contributed by atoms with van der Waals surface area (Å²) >= 11 is 0. The highest BCUT2D eigenvalue weighted by Crippen LogP contribution is 2.16.